The van der Waals surface area contributed by atoms with Crippen LogP contribution in [0, 0.1) is 0 Å². The van der Waals surface area contributed by atoms with Crippen molar-refractivity contribution in [2.24, 2.45) is 0 Å². The number of halogens is 1. The molecular weight excluding hydrogens is 559 g/mol. The number of rotatable bonds is 9. The first kappa shape index (κ1) is 25.6. The second kappa shape index (κ2) is 10.1. The first-order chi connectivity index (χ1) is 14.9. The summed E-state index contributed by atoms with van der Waals surface area (Å²) in [7, 11) is 0. The minimum absolute atomic E-state index is 0.153. The summed E-state index contributed by atoms with van der Waals surface area (Å²) in [4.78, 5) is 0. The van der Waals surface area contributed by atoms with E-state index in [0.29, 0.717) is 0 Å². The Bertz CT molecular complexity index is 845. The van der Waals surface area contributed by atoms with Gasteiger partial charge in [-0.25, -0.2) is 0 Å². The third-order valence-electron chi connectivity index (χ3n) is 6.94. The Labute approximate surface area is 206 Å². The molecule has 0 heterocycles. The molecule has 0 saturated heterocycles. The van der Waals surface area contributed by atoms with Gasteiger partial charge in [0.2, 0.25) is 0 Å². The fraction of sp³-hybridized carbons (Fsp3) is 0.400. The summed E-state index contributed by atoms with van der Waals surface area (Å²) >= 11 is 1.75. The van der Waals surface area contributed by atoms with Gasteiger partial charge in [0.05, 0.1) is 0 Å². The van der Waals surface area contributed by atoms with Crippen molar-refractivity contribution in [1.29, 1.82) is 0 Å². The topological polar surface area (TPSA) is 0 Å². The quantitative estimate of drug-likeness (QED) is 0.216. The van der Waals surface area contributed by atoms with Gasteiger partial charge >= 0.3 is 208 Å². The van der Waals surface area contributed by atoms with E-state index in [2.05, 4.69) is 145 Å². The first-order valence-electron chi connectivity index (χ1n) is 11.8. The standard InChI is InChI=1S/3C10H13.BrH.Sn/c3*1-10(2,3)9-7-5-4-6-8-9;;/h3*4-8H,1H2,2-3H3;1H;/q;;;;+1/p-1. The van der Waals surface area contributed by atoms with Gasteiger partial charge in [0.15, 0.2) is 0 Å². The molecule has 0 aliphatic heterocycles. The Hall–Kier alpha value is -1.06. The average Bonchev–Trinajstić information content (AvgIpc) is 2.74. The molecule has 0 saturated carbocycles. The van der Waals surface area contributed by atoms with Gasteiger partial charge in [0, 0.05) is 0 Å². The molecule has 32 heavy (non-hydrogen) atoms. The van der Waals surface area contributed by atoms with Crippen molar-refractivity contribution in [1.82, 2.24) is 0 Å². The van der Waals surface area contributed by atoms with Gasteiger partial charge < -0.3 is 0 Å². The second-order valence-electron chi connectivity index (χ2n) is 11.4. The van der Waals surface area contributed by atoms with Gasteiger partial charge in [-0.3, -0.25) is 0 Å². The fourth-order valence-electron chi connectivity index (χ4n) is 5.54. The van der Waals surface area contributed by atoms with Crippen LogP contribution in [0.5, 0.6) is 0 Å². The summed E-state index contributed by atoms with van der Waals surface area (Å²) in [6.07, 6.45) is 0. The molecule has 3 aromatic carbocycles. The van der Waals surface area contributed by atoms with Crippen molar-refractivity contribution >= 4 is 28.9 Å². The summed E-state index contributed by atoms with van der Waals surface area (Å²) in [5.74, 6) is 0. The molecule has 0 N–H and O–H groups in total. The molecule has 0 spiro atoms. The van der Waals surface area contributed by atoms with E-state index in [1.807, 2.05) is 0 Å². The van der Waals surface area contributed by atoms with Crippen LogP contribution in [0.3, 0.4) is 0 Å². The molecule has 0 bridgehead atoms. The monoisotopic (exact) mass is 598 g/mol. The third kappa shape index (κ3) is 6.50. The van der Waals surface area contributed by atoms with Gasteiger partial charge in [0.1, 0.15) is 0 Å². The van der Waals surface area contributed by atoms with Crippen molar-refractivity contribution in [3.63, 3.8) is 0 Å². The van der Waals surface area contributed by atoms with Crippen molar-refractivity contribution in [2.45, 2.75) is 71.1 Å². The van der Waals surface area contributed by atoms with Crippen LogP contribution in [0.25, 0.3) is 0 Å². The predicted octanol–water partition coefficient (Wildman–Crippen LogP) is 9.26. The molecular formula is C30H39BrSn. The molecule has 2 heteroatoms. The molecule has 0 radical (unpaired) electrons. The summed E-state index contributed by atoms with van der Waals surface area (Å²) in [5, 5.41) is 0. The van der Waals surface area contributed by atoms with E-state index in [1.165, 1.54) is 30.0 Å². The van der Waals surface area contributed by atoms with E-state index in [9.17, 15) is 0 Å². The average molecular weight is 598 g/mol. The summed E-state index contributed by atoms with van der Waals surface area (Å²) in [6, 6.07) is 33.3. The molecule has 170 valence electrons. The molecule has 0 aliphatic rings. The number of hydrogen-bond donors (Lipinski definition) is 0. The van der Waals surface area contributed by atoms with E-state index >= 15 is 0 Å². The van der Waals surface area contributed by atoms with Crippen LogP contribution in [-0.4, -0.2) is 16.2 Å². The zero-order valence-corrected chi connectivity index (χ0v) is 25.1. The molecule has 0 aliphatic carbocycles. The Morgan fingerprint density at radius 3 is 0.906 bits per heavy atom. The van der Waals surface area contributed by atoms with Crippen LogP contribution in [0.15, 0.2) is 91.0 Å². The van der Waals surface area contributed by atoms with Crippen molar-refractivity contribution < 1.29 is 0 Å². The van der Waals surface area contributed by atoms with Gasteiger partial charge in [0.25, 0.3) is 0 Å². The van der Waals surface area contributed by atoms with Crippen molar-refractivity contribution in [3.8, 4) is 0 Å². The van der Waals surface area contributed by atoms with Crippen LogP contribution >= 0.6 is 12.7 Å². The summed E-state index contributed by atoms with van der Waals surface area (Å²) < 4.78 is 3.83. The normalized spacial score (nSPS) is 13.2. The third-order valence-corrected chi connectivity index (χ3v) is 25.6. The fourth-order valence-corrected chi connectivity index (χ4v) is 36.0. The zero-order valence-electron chi connectivity index (χ0n) is 20.7. The predicted molar refractivity (Wildman–Crippen MR) is 148 cm³/mol. The van der Waals surface area contributed by atoms with E-state index < -0.39 is 16.2 Å². The number of benzene rings is 3. The Kier molecular flexibility index (Phi) is 8.03. The van der Waals surface area contributed by atoms with Gasteiger partial charge in [-0.05, 0) is 0 Å². The van der Waals surface area contributed by atoms with Crippen LogP contribution in [0.1, 0.15) is 58.2 Å². The molecule has 0 fully saturated rings. The zero-order chi connectivity index (χ0) is 23.5. The summed E-state index contributed by atoms with van der Waals surface area (Å²) in [5.41, 5.74) is 4.82. The van der Waals surface area contributed by atoms with E-state index in [4.69, 9.17) is 0 Å². The minimum atomic E-state index is -2.85. The Morgan fingerprint density at radius 2 is 0.688 bits per heavy atom. The first-order valence-corrected chi connectivity index (χ1v) is 24.2. The molecule has 0 nitrogen and oxygen atoms in total. The van der Waals surface area contributed by atoms with Gasteiger partial charge in [-0.1, -0.05) is 0 Å². The van der Waals surface area contributed by atoms with Gasteiger partial charge in [-0.15, -0.1) is 0 Å². The van der Waals surface area contributed by atoms with Crippen LogP contribution in [0.2, 0.25) is 13.3 Å². The van der Waals surface area contributed by atoms with Crippen molar-refractivity contribution in [2.75, 3.05) is 0 Å². The summed E-state index contributed by atoms with van der Waals surface area (Å²) in [6.45, 7) is 14.7. The van der Waals surface area contributed by atoms with E-state index in [1.54, 1.807) is 0 Å². The maximum absolute atomic E-state index is 4.59. The van der Waals surface area contributed by atoms with E-state index in [-0.39, 0.29) is 16.2 Å². The maximum atomic E-state index is 4.59. The molecule has 0 amide bonds. The Morgan fingerprint density at radius 1 is 0.469 bits per heavy atom. The Balaban J connectivity index is 1.98. The molecule has 3 aromatic rings. The van der Waals surface area contributed by atoms with Crippen LogP contribution in [-0.2, 0) is 16.2 Å². The number of hydrogen-bond acceptors (Lipinski definition) is 0. The molecule has 0 aromatic heterocycles. The second-order valence-corrected chi connectivity index (χ2v) is 32.3. The molecule has 0 atom stereocenters. The SMILES string of the molecule is CC(C)([CH2][Sn]([Br])([CH2]C(C)(C)c1ccccc1)[CH2]C(C)(C)c1ccccc1)c1ccccc1. The van der Waals surface area contributed by atoms with Gasteiger partial charge in [-0.2, -0.15) is 0 Å². The van der Waals surface area contributed by atoms with Crippen LogP contribution in [0.4, 0.5) is 0 Å². The van der Waals surface area contributed by atoms with Crippen LogP contribution < -0.4 is 0 Å². The molecule has 0 unspecified atom stereocenters. The van der Waals surface area contributed by atoms with E-state index in [0.717, 1.165) is 0 Å². The van der Waals surface area contributed by atoms with Crippen molar-refractivity contribution in [3.05, 3.63) is 108 Å². The molecule has 3 rings (SSSR count).